The Morgan fingerprint density at radius 1 is 1.27 bits per heavy atom. The fraction of sp³-hybridized carbons (Fsp3) is 0.111. The molecule has 130 valence electrons. The predicted molar refractivity (Wildman–Crippen MR) is 101 cm³/mol. The van der Waals surface area contributed by atoms with Gasteiger partial charge < -0.3 is 9.73 Å². The van der Waals surface area contributed by atoms with E-state index in [0.717, 1.165) is 26.9 Å². The van der Waals surface area contributed by atoms with Gasteiger partial charge in [-0.05, 0) is 53.2 Å². The van der Waals surface area contributed by atoms with Crippen molar-refractivity contribution in [3.63, 3.8) is 0 Å². The van der Waals surface area contributed by atoms with Gasteiger partial charge in [-0.1, -0.05) is 0 Å². The maximum Gasteiger partial charge on any atom is 0.247 e. The molecule has 0 bridgehead atoms. The Morgan fingerprint density at radius 3 is 2.88 bits per heavy atom. The molecule has 0 unspecified atom stereocenters. The number of carbonyl (C=O) groups is 1. The van der Waals surface area contributed by atoms with Crippen LogP contribution in [0.5, 0.6) is 0 Å². The monoisotopic (exact) mass is 411 g/mol. The first-order chi connectivity index (χ1) is 12.6. The number of halogens is 1. The highest BCUT2D eigenvalue weighted by molar-refractivity contribution is 9.10. The number of carbonyl (C=O) groups excluding carboxylic acids is 1. The van der Waals surface area contributed by atoms with Crippen LogP contribution in [-0.4, -0.2) is 25.7 Å². The minimum Gasteiger partial charge on any atom is -0.464 e. The molecule has 26 heavy (non-hydrogen) atoms. The number of nitrogens with one attached hydrogen (secondary N) is 1. The van der Waals surface area contributed by atoms with Crippen LogP contribution < -0.4 is 5.32 Å². The van der Waals surface area contributed by atoms with Gasteiger partial charge in [0.2, 0.25) is 5.91 Å². The van der Waals surface area contributed by atoms with Crippen molar-refractivity contribution in [3.8, 4) is 11.3 Å². The van der Waals surface area contributed by atoms with E-state index < -0.39 is 0 Å². The van der Waals surface area contributed by atoms with E-state index >= 15 is 0 Å². The van der Waals surface area contributed by atoms with Crippen LogP contribution in [0.25, 0.3) is 22.4 Å². The molecule has 0 aliphatic heterocycles. The van der Waals surface area contributed by atoms with E-state index in [-0.39, 0.29) is 12.5 Å². The van der Waals surface area contributed by atoms with Crippen molar-refractivity contribution in [2.75, 3.05) is 5.32 Å². The van der Waals surface area contributed by atoms with Crippen LogP contribution in [0, 0.1) is 6.92 Å². The summed E-state index contributed by atoms with van der Waals surface area (Å²) >= 11 is 3.31. The quantitative estimate of drug-likeness (QED) is 0.551. The van der Waals surface area contributed by atoms with Gasteiger partial charge in [-0.25, -0.2) is 14.6 Å². The van der Waals surface area contributed by atoms with Gasteiger partial charge in [0, 0.05) is 22.4 Å². The molecule has 1 amide bonds. The molecular weight excluding hydrogens is 398 g/mol. The zero-order chi connectivity index (χ0) is 18.1. The van der Waals surface area contributed by atoms with Gasteiger partial charge in [0.1, 0.15) is 18.1 Å². The summed E-state index contributed by atoms with van der Waals surface area (Å²) in [5.74, 6) is 0.994. The molecule has 7 nitrogen and oxygen atoms in total. The van der Waals surface area contributed by atoms with Crippen LogP contribution in [0.4, 0.5) is 5.82 Å². The van der Waals surface area contributed by atoms with E-state index in [2.05, 4.69) is 36.3 Å². The normalized spacial score (nSPS) is 11.0. The third-order valence-corrected chi connectivity index (χ3v) is 4.35. The summed E-state index contributed by atoms with van der Waals surface area (Å²) in [7, 11) is 0. The molecule has 0 fully saturated rings. The number of aromatic nitrogens is 4. The summed E-state index contributed by atoms with van der Waals surface area (Å²) < 4.78 is 7.94. The molecule has 4 aromatic rings. The molecular formula is C18H14BrN5O2. The first-order valence-electron chi connectivity index (χ1n) is 7.89. The number of anilines is 1. The molecule has 8 heteroatoms. The summed E-state index contributed by atoms with van der Waals surface area (Å²) in [5.41, 5.74) is 2.32. The van der Waals surface area contributed by atoms with Crippen LogP contribution >= 0.6 is 15.9 Å². The second kappa shape index (κ2) is 6.72. The lowest BCUT2D eigenvalue weighted by Crippen LogP contribution is -2.20. The fourth-order valence-corrected chi connectivity index (χ4v) is 3.03. The fourth-order valence-electron chi connectivity index (χ4n) is 2.80. The zero-order valence-electron chi connectivity index (χ0n) is 13.8. The number of hydrogen-bond donors (Lipinski definition) is 1. The standard InChI is InChI=1S/C18H14BrN5O2/c1-11-17-13(14-3-2-8-26-14)6-7-20-18(17)24(23-11)10-16(25)22-15-5-4-12(19)9-21-15/h2-9H,10H2,1H3,(H,21,22,25). The molecule has 0 spiro atoms. The van der Waals surface area contributed by atoms with E-state index in [9.17, 15) is 4.79 Å². The van der Waals surface area contributed by atoms with Gasteiger partial charge in [-0.2, -0.15) is 5.10 Å². The molecule has 0 saturated heterocycles. The Balaban J connectivity index is 1.64. The average Bonchev–Trinajstić information content (AvgIpc) is 3.26. The van der Waals surface area contributed by atoms with Crippen LogP contribution in [0.15, 0.2) is 57.9 Å². The van der Waals surface area contributed by atoms with Crippen LogP contribution in [-0.2, 0) is 11.3 Å². The van der Waals surface area contributed by atoms with Crippen molar-refractivity contribution < 1.29 is 9.21 Å². The molecule has 0 aromatic carbocycles. The van der Waals surface area contributed by atoms with E-state index in [1.54, 1.807) is 29.4 Å². The van der Waals surface area contributed by atoms with Gasteiger partial charge in [0.25, 0.3) is 0 Å². The van der Waals surface area contributed by atoms with Crippen LogP contribution in [0.1, 0.15) is 5.69 Å². The smallest absolute Gasteiger partial charge is 0.247 e. The second-order valence-electron chi connectivity index (χ2n) is 5.69. The first-order valence-corrected chi connectivity index (χ1v) is 8.68. The number of furan rings is 1. The Kier molecular flexibility index (Phi) is 4.26. The van der Waals surface area contributed by atoms with Crippen molar-refractivity contribution in [1.82, 2.24) is 19.7 Å². The lowest BCUT2D eigenvalue weighted by molar-refractivity contribution is -0.116. The van der Waals surface area contributed by atoms with Crippen molar-refractivity contribution in [3.05, 3.63) is 59.2 Å². The van der Waals surface area contributed by atoms with E-state index in [4.69, 9.17) is 4.42 Å². The third kappa shape index (κ3) is 3.11. The summed E-state index contributed by atoms with van der Waals surface area (Å²) in [6.45, 7) is 1.93. The Hall–Kier alpha value is -3.00. The lowest BCUT2D eigenvalue weighted by Gasteiger charge is -2.05. The van der Waals surface area contributed by atoms with Crippen LogP contribution in [0.2, 0.25) is 0 Å². The third-order valence-electron chi connectivity index (χ3n) is 3.88. The first kappa shape index (κ1) is 16.5. The Morgan fingerprint density at radius 2 is 2.15 bits per heavy atom. The number of amides is 1. The molecule has 0 radical (unpaired) electrons. The highest BCUT2D eigenvalue weighted by atomic mass is 79.9. The Labute approximate surface area is 157 Å². The van der Waals surface area contributed by atoms with E-state index in [1.165, 1.54) is 0 Å². The van der Waals surface area contributed by atoms with E-state index in [1.807, 2.05) is 31.2 Å². The molecule has 4 aromatic heterocycles. The number of hydrogen-bond acceptors (Lipinski definition) is 5. The SMILES string of the molecule is Cc1nn(CC(=O)Nc2ccc(Br)cn2)c2nccc(-c3ccco3)c12. The number of aryl methyl sites for hydroxylation is 1. The van der Waals surface area contributed by atoms with Crippen LogP contribution in [0.3, 0.4) is 0 Å². The van der Waals surface area contributed by atoms with Crippen molar-refractivity contribution in [2.45, 2.75) is 13.5 Å². The summed E-state index contributed by atoms with van der Waals surface area (Å²) in [6, 6.07) is 9.14. The summed E-state index contributed by atoms with van der Waals surface area (Å²) in [6.07, 6.45) is 4.94. The van der Waals surface area contributed by atoms with Gasteiger partial charge in [0.15, 0.2) is 5.65 Å². The molecule has 4 rings (SSSR count). The molecule has 0 aliphatic rings. The molecule has 0 aliphatic carbocycles. The van der Waals surface area contributed by atoms with Gasteiger partial charge in [0.05, 0.1) is 17.3 Å². The van der Waals surface area contributed by atoms with E-state index in [0.29, 0.717) is 11.5 Å². The van der Waals surface area contributed by atoms with Crippen molar-refractivity contribution in [1.29, 1.82) is 0 Å². The topological polar surface area (TPSA) is 85.8 Å². The Bertz CT molecular complexity index is 1070. The maximum atomic E-state index is 12.4. The number of nitrogens with zero attached hydrogens (tertiary/aromatic N) is 4. The second-order valence-corrected chi connectivity index (χ2v) is 6.60. The molecule has 0 atom stereocenters. The number of rotatable bonds is 4. The molecule has 1 N–H and O–H groups in total. The highest BCUT2D eigenvalue weighted by Crippen LogP contribution is 2.29. The van der Waals surface area contributed by atoms with Gasteiger partial charge in [-0.15, -0.1) is 0 Å². The van der Waals surface area contributed by atoms with Crippen molar-refractivity contribution in [2.24, 2.45) is 0 Å². The summed E-state index contributed by atoms with van der Waals surface area (Å²) in [5, 5.41) is 8.11. The predicted octanol–water partition coefficient (Wildman–Crippen LogP) is 3.80. The molecule has 4 heterocycles. The molecule has 0 saturated carbocycles. The average molecular weight is 412 g/mol. The minimum atomic E-state index is -0.227. The summed E-state index contributed by atoms with van der Waals surface area (Å²) in [4.78, 5) is 20.9. The van der Waals surface area contributed by atoms with Gasteiger partial charge >= 0.3 is 0 Å². The largest absolute Gasteiger partial charge is 0.464 e. The number of pyridine rings is 2. The lowest BCUT2D eigenvalue weighted by atomic mass is 10.1. The maximum absolute atomic E-state index is 12.4. The van der Waals surface area contributed by atoms with Crippen molar-refractivity contribution >= 4 is 38.7 Å². The zero-order valence-corrected chi connectivity index (χ0v) is 15.4. The highest BCUT2D eigenvalue weighted by Gasteiger charge is 2.17. The number of fused-ring (bicyclic) bond motifs is 1. The van der Waals surface area contributed by atoms with Gasteiger partial charge in [-0.3, -0.25) is 4.79 Å². The minimum absolute atomic E-state index is 0.0384.